The normalized spacial score (nSPS) is 15.0. The molecule has 0 aliphatic carbocycles. The Morgan fingerprint density at radius 3 is 1.97 bits per heavy atom. The molecule has 3 N–H and O–H groups in total. The van der Waals surface area contributed by atoms with Crippen molar-refractivity contribution in [3.8, 4) is 0 Å². The van der Waals surface area contributed by atoms with Crippen molar-refractivity contribution in [3.05, 3.63) is 35.9 Å². The van der Waals surface area contributed by atoms with Crippen molar-refractivity contribution in [2.45, 2.75) is 97.0 Å². The fourth-order valence-corrected chi connectivity index (χ4v) is 4.33. The van der Waals surface area contributed by atoms with Crippen LogP contribution in [0.25, 0.3) is 0 Å². The van der Waals surface area contributed by atoms with Crippen LogP contribution in [-0.4, -0.2) is 48.9 Å². The average molecular weight is 497 g/mol. The van der Waals surface area contributed by atoms with Crippen LogP contribution in [0.2, 0.25) is 18.1 Å². The monoisotopic (exact) mass is 496 g/mol. The largest absolute Gasteiger partial charge is 0.478 e. The fourth-order valence-electron chi connectivity index (χ4n) is 2.89. The second-order valence-corrected chi connectivity index (χ2v) is 15.7. The second kappa shape index (κ2) is 11.2. The van der Waals surface area contributed by atoms with E-state index in [4.69, 9.17) is 13.9 Å². The van der Waals surface area contributed by atoms with E-state index in [9.17, 15) is 19.5 Å². The molecule has 0 bridgehead atoms. The van der Waals surface area contributed by atoms with Gasteiger partial charge in [-0.05, 0) is 51.4 Å². The first-order valence-corrected chi connectivity index (χ1v) is 14.2. The standard InChI is InChI=1S/C24H40N2O7Si/c1-17(33-34(8,9)23(5,6)7)15-24(19(27)28,26-21(30)32-22(2,3)4)25-20(29)31-16-18-13-11-10-12-14-18/h10-14,17H,15-16H2,1-9H3,(H,25,29)(H,26,30)(H,27,28)/t17-,24+/m1/s1. The van der Waals surface area contributed by atoms with Gasteiger partial charge >= 0.3 is 18.2 Å². The lowest BCUT2D eigenvalue weighted by Crippen LogP contribution is -2.67. The van der Waals surface area contributed by atoms with E-state index in [0.29, 0.717) is 0 Å². The molecular formula is C24H40N2O7Si. The topological polar surface area (TPSA) is 123 Å². The number of carboxylic acid groups (broad SMARTS) is 1. The third kappa shape index (κ3) is 9.34. The molecule has 2 amide bonds. The number of carboxylic acids is 1. The third-order valence-electron chi connectivity index (χ3n) is 5.50. The zero-order valence-corrected chi connectivity index (χ0v) is 22.8. The smallest absolute Gasteiger partial charge is 0.409 e. The highest BCUT2D eigenvalue weighted by Crippen LogP contribution is 2.38. The Balaban J connectivity index is 3.14. The molecule has 0 aliphatic heterocycles. The summed E-state index contributed by atoms with van der Waals surface area (Å²) in [5.74, 6) is -1.47. The van der Waals surface area contributed by atoms with Crippen molar-refractivity contribution in [2.75, 3.05) is 0 Å². The zero-order valence-electron chi connectivity index (χ0n) is 21.8. The predicted molar refractivity (Wildman–Crippen MR) is 132 cm³/mol. The molecule has 34 heavy (non-hydrogen) atoms. The van der Waals surface area contributed by atoms with Gasteiger partial charge in [-0.15, -0.1) is 0 Å². The maximum atomic E-state index is 12.6. The summed E-state index contributed by atoms with van der Waals surface area (Å²) >= 11 is 0. The molecule has 0 fully saturated rings. The number of hydrogen-bond acceptors (Lipinski definition) is 6. The zero-order chi connectivity index (χ0) is 26.4. The highest BCUT2D eigenvalue weighted by atomic mass is 28.4. The molecule has 9 nitrogen and oxygen atoms in total. The number of rotatable bonds is 9. The Kier molecular flexibility index (Phi) is 9.72. The quantitative estimate of drug-likeness (QED) is 0.324. The number of amides is 2. The molecule has 2 atom stereocenters. The summed E-state index contributed by atoms with van der Waals surface area (Å²) in [5.41, 5.74) is -2.35. The van der Waals surface area contributed by atoms with Gasteiger partial charge in [0.05, 0.1) is 0 Å². The number of carbonyl (C=O) groups is 3. The van der Waals surface area contributed by atoms with E-state index < -0.39 is 43.8 Å². The summed E-state index contributed by atoms with van der Waals surface area (Å²) in [6, 6.07) is 8.95. The molecule has 1 aromatic rings. The molecule has 0 aromatic heterocycles. The Labute approximate surface area is 203 Å². The highest BCUT2D eigenvalue weighted by molar-refractivity contribution is 6.74. The molecule has 1 aromatic carbocycles. The number of hydrogen-bond donors (Lipinski definition) is 3. The number of aliphatic carboxylic acids is 1. The summed E-state index contributed by atoms with van der Waals surface area (Å²) in [5, 5.41) is 14.7. The number of carbonyl (C=O) groups excluding carboxylic acids is 2. The van der Waals surface area contributed by atoms with Crippen LogP contribution < -0.4 is 10.6 Å². The van der Waals surface area contributed by atoms with Gasteiger partial charge in [-0.1, -0.05) is 51.1 Å². The minimum Gasteiger partial charge on any atom is -0.478 e. The highest BCUT2D eigenvalue weighted by Gasteiger charge is 2.47. The molecule has 0 saturated carbocycles. The van der Waals surface area contributed by atoms with E-state index >= 15 is 0 Å². The maximum Gasteiger partial charge on any atom is 0.409 e. The van der Waals surface area contributed by atoms with Crippen molar-refractivity contribution in [2.24, 2.45) is 0 Å². The summed E-state index contributed by atoms with van der Waals surface area (Å²) < 4.78 is 16.8. The molecule has 0 radical (unpaired) electrons. The second-order valence-electron chi connectivity index (χ2n) is 10.9. The van der Waals surface area contributed by atoms with Gasteiger partial charge in [0.15, 0.2) is 8.32 Å². The van der Waals surface area contributed by atoms with Crippen LogP contribution in [0.5, 0.6) is 0 Å². The van der Waals surface area contributed by atoms with E-state index in [0.717, 1.165) is 5.56 Å². The lowest BCUT2D eigenvalue weighted by Gasteiger charge is -2.40. The molecule has 0 aliphatic rings. The molecule has 10 heteroatoms. The van der Waals surface area contributed by atoms with Crippen LogP contribution in [-0.2, 0) is 25.3 Å². The van der Waals surface area contributed by atoms with Crippen LogP contribution in [0.4, 0.5) is 9.59 Å². The van der Waals surface area contributed by atoms with Crippen LogP contribution in [0.3, 0.4) is 0 Å². The first-order valence-electron chi connectivity index (χ1n) is 11.3. The number of nitrogens with one attached hydrogen (secondary N) is 2. The minimum absolute atomic E-state index is 0.0647. The average Bonchev–Trinajstić information content (AvgIpc) is 2.63. The van der Waals surface area contributed by atoms with Crippen molar-refractivity contribution in [3.63, 3.8) is 0 Å². The minimum atomic E-state index is -2.26. The molecule has 1 rings (SSSR count). The number of benzene rings is 1. The van der Waals surface area contributed by atoms with E-state index in [2.05, 4.69) is 31.4 Å². The van der Waals surface area contributed by atoms with Crippen molar-refractivity contribution in [1.29, 1.82) is 0 Å². The van der Waals surface area contributed by atoms with E-state index in [1.54, 1.807) is 52.0 Å². The van der Waals surface area contributed by atoms with Crippen LogP contribution in [0.1, 0.15) is 60.5 Å². The van der Waals surface area contributed by atoms with Gasteiger partial charge in [0.25, 0.3) is 0 Å². The Morgan fingerprint density at radius 2 is 1.50 bits per heavy atom. The SMILES string of the molecule is C[C@H](C[C@](NC(=O)OCc1ccccc1)(NC(=O)OC(C)(C)C)C(=O)O)O[Si](C)(C)C(C)(C)C. The summed E-state index contributed by atoms with van der Waals surface area (Å²) in [6.07, 6.45) is -2.84. The lowest BCUT2D eigenvalue weighted by molar-refractivity contribution is -0.147. The van der Waals surface area contributed by atoms with Gasteiger partial charge < -0.3 is 19.0 Å². The van der Waals surface area contributed by atoms with Gasteiger partial charge in [0.2, 0.25) is 5.66 Å². The molecule has 0 saturated heterocycles. The first-order chi connectivity index (χ1) is 15.4. The summed E-state index contributed by atoms with van der Waals surface area (Å²) in [4.78, 5) is 37.6. The van der Waals surface area contributed by atoms with Crippen molar-refractivity contribution < 1.29 is 33.4 Å². The van der Waals surface area contributed by atoms with Crippen molar-refractivity contribution in [1.82, 2.24) is 10.6 Å². The van der Waals surface area contributed by atoms with Gasteiger partial charge in [0, 0.05) is 12.5 Å². The third-order valence-corrected chi connectivity index (χ3v) is 10.1. The van der Waals surface area contributed by atoms with Crippen LogP contribution in [0, 0.1) is 0 Å². The molecular weight excluding hydrogens is 456 g/mol. The van der Waals surface area contributed by atoms with Gasteiger partial charge in [-0.3, -0.25) is 10.6 Å². The van der Waals surface area contributed by atoms with Crippen LogP contribution >= 0.6 is 0 Å². The van der Waals surface area contributed by atoms with Gasteiger partial charge in [-0.2, -0.15) is 0 Å². The molecule has 0 spiro atoms. The lowest BCUT2D eigenvalue weighted by atomic mass is 10.0. The van der Waals surface area contributed by atoms with Gasteiger partial charge in [0.1, 0.15) is 12.2 Å². The Hall–Kier alpha value is -2.59. The predicted octanol–water partition coefficient (Wildman–Crippen LogP) is 5.02. The van der Waals surface area contributed by atoms with Crippen LogP contribution in [0.15, 0.2) is 30.3 Å². The molecule has 0 unspecified atom stereocenters. The number of alkyl carbamates (subject to hydrolysis) is 2. The summed E-state index contributed by atoms with van der Waals surface area (Å²) in [6.45, 7) is 16.9. The molecule has 192 valence electrons. The van der Waals surface area contributed by atoms with E-state index in [1.807, 2.05) is 19.2 Å². The maximum absolute atomic E-state index is 12.6. The van der Waals surface area contributed by atoms with E-state index in [1.165, 1.54) is 0 Å². The van der Waals surface area contributed by atoms with Gasteiger partial charge in [-0.25, -0.2) is 14.4 Å². The Morgan fingerprint density at radius 1 is 0.971 bits per heavy atom. The fraction of sp³-hybridized carbons (Fsp3) is 0.625. The summed E-state index contributed by atoms with van der Waals surface area (Å²) in [7, 11) is -2.26. The Bertz CT molecular complexity index is 847. The number of ether oxygens (including phenoxy) is 2. The molecule has 0 heterocycles. The van der Waals surface area contributed by atoms with E-state index in [-0.39, 0.29) is 18.1 Å². The van der Waals surface area contributed by atoms with Crippen molar-refractivity contribution >= 4 is 26.5 Å². The first kappa shape index (κ1) is 29.4.